The lowest BCUT2D eigenvalue weighted by molar-refractivity contribution is -0.138. The highest BCUT2D eigenvalue weighted by Gasteiger charge is 2.21. The predicted octanol–water partition coefficient (Wildman–Crippen LogP) is 2.95. The Morgan fingerprint density at radius 1 is 1.00 bits per heavy atom. The van der Waals surface area contributed by atoms with E-state index in [1.54, 1.807) is 36.4 Å². The van der Waals surface area contributed by atoms with Crippen LogP contribution in [0.3, 0.4) is 0 Å². The van der Waals surface area contributed by atoms with Gasteiger partial charge in [-0.2, -0.15) is 0 Å². The number of ether oxygens (including phenoxy) is 3. The molecule has 0 radical (unpaired) electrons. The van der Waals surface area contributed by atoms with Gasteiger partial charge in [0.15, 0.2) is 17.5 Å². The fraction of sp³-hybridized carbons (Fsp3) is 0.235. The average molecular weight is 317 g/mol. The monoisotopic (exact) mass is 317 g/mol. The number of aliphatic carboxylic acids is 1. The van der Waals surface area contributed by atoms with Crippen LogP contribution in [0.5, 0.6) is 17.2 Å². The van der Waals surface area contributed by atoms with Crippen LogP contribution in [0.15, 0.2) is 42.5 Å². The van der Waals surface area contributed by atoms with Crippen LogP contribution < -0.4 is 19.5 Å². The average Bonchev–Trinajstić information content (AvgIpc) is 2.59. The maximum atomic E-state index is 11.6. The molecule has 122 valence electrons. The van der Waals surface area contributed by atoms with Gasteiger partial charge in [-0.15, -0.1) is 0 Å². The van der Waals surface area contributed by atoms with E-state index in [-0.39, 0.29) is 0 Å². The van der Waals surface area contributed by atoms with E-state index in [0.717, 1.165) is 0 Å². The third-order valence-corrected chi connectivity index (χ3v) is 3.36. The maximum absolute atomic E-state index is 11.6. The summed E-state index contributed by atoms with van der Waals surface area (Å²) >= 11 is 0. The number of methoxy groups -OCH3 is 3. The number of hydrogen-bond donors (Lipinski definition) is 2. The van der Waals surface area contributed by atoms with Crippen LogP contribution in [0.1, 0.15) is 11.6 Å². The molecule has 0 amide bonds. The first-order chi connectivity index (χ1) is 11.1. The fourth-order valence-corrected chi connectivity index (χ4v) is 2.26. The molecule has 2 aromatic rings. The molecule has 0 heterocycles. The first-order valence-electron chi connectivity index (χ1n) is 6.95. The molecule has 6 heteroatoms. The highest BCUT2D eigenvalue weighted by Crippen LogP contribution is 2.40. The maximum Gasteiger partial charge on any atom is 0.330 e. The van der Waals surface area contributed by atoms with Crippen molar-refractivity contribution in [3.63, 3.8) is 0 Å². The minimum absolute atomic E-state index is 0.451. The molecule has 0 fully saturated rings. The summed E-state index contributed by atoms with van der Waals surface area (Å²) in [4.78, 5) is 11.6. The van der Waals surface area contributed by atoms with E-state index in [0.29, 0.717) is 28.5 Å². The van der Waals surface area contributed by atoms with Crippen molar-refractivity contribution >= 4 is 11.7 Å². The number of benzene rings is 2. The standard InChI is InChI=1S/C17H19NO5/c1-21-13-9-12(10-14(22-2)16(13)23-3)18-15(17(19)20)11-7-5-4-6-8-11/h4-10,15,18H,1-3H3,(H,19,20). The van der Waals surface area contributed by atoms with E-state index in [1.165, 1.54) is 21.3 Å². The van der Waals surface area contributed by atoms with E-state index < -0.39 is 12.0 Å². The summed E-state index contributed by atoms with van der Waals surface area (Å²) in [5.41, 5.74) is 1.20. The van der Waals surface area contributed by atoms with Crippen LogP contribution in [-0.4, -0.2) is 32.4 Å². The van der Waals surface area contributed by atoms with Gasteiger partial charge in [0.2, 0.25) is 5.75 Å². The van der Waals surface area contributed by atoms with Gasteiger partial charge in [-0.05, 0) is 5.56 Å². The van der Waals surface area contributed by atoms with Crippen molar-refractivity contribution in [1.29, 1.82) is 0 Å². The second-order valence-electron chi connectivity index (χ2n) is 4.74. The molecule has 0 bridgehead atoms. The van der Waals surface area contributed by atoms with E-state index in [1.807, 2.05) is 6.07 Å². The summed E-state index contributed by atoms with van der Waals surface area (Å²) in [6.07, 6.45) is 0. The second kappa shape index (κ2) is 7.40. The lowest BCUT2D eigenvalue weighted by atomic mass is 10.1. The van der Waals surface area contributed by atoms with Crippen LogP contribution in [0.25, 0.3) is 0 Å². The van der Waals surface area contributed by atoms with Gasteiger partial charge in [0.25, 0.3) is 0 Å². The van der Waals surface area contributed by atoms with Gasteiger partial charge in [0.1, 0.15) is 0 Å². The molecule has 0 aromatic heterocycles. The highest BCUT2D eigenvalue weighted by molar-refractivity contribution is 5.80. The lowest BCUT2D eigenvalue weighted by Gasteiger charge is -2.19. The topological polar surface area (TPSA) is 77.0 Å². The number of anilines is 1. The van der Waals surface area contributed by atoms with Crippen molar-refractivity contribution in [2.24, 2.45) is 0 Å². The number of nitrogens with one attached hydrogen (secondary N) is 1. The molecule has 1 atom stereocenters. The largest absolute Gasteiger partial charge is 0.493 e. The summed E-state index contributed by atoms with van der Waals surface area (Å²) in [6.45, 7) is 0. The Kier molecular flexibility index (Phi) is 5.30. The lowest BCUT2D eigenvalue weighted by Crippen LogP contribution is -2.20. The number of carbonyl (C=O) groups is 1. The van der Waals surface area contributed by atoms with E-state index >= 15 is 0 Å². The third kappa shape index (κ3) is 3.66. The van der Waals surface area contributed by atoms with Gasteiger partial charge in [0, 0.05) is 17.8 Å². The first kappa shape index (κ1) is 16.5. The van der Waals surface area contributed by atoms with Gasteiger partial charge in [-0.25, -0.2) is 4.79 Å². The summed E-state index contributed by atoms with van der Waals surface area (Å²) in [7, 11) is 4.53. The molecular weight excluding hydrogens is 298 g/mol. The minimum Gasteiger partial charge on any atom is -0.493 e. The summed E-state index contributed by atoms with van der Waals surface area (Å²) in [6, 6.07) is 11.4. The van der Waals surface area contributed by atoms with Crippen molar-refractivity contribution in [1.82, 2.24) is 0 Å². The molecule has 2 aromatic carbocycles. The fourth-order valence-electron chi connectivity index (χ4n) is 2.26. The van der Waals surface area contributed by atoms with Gasteiger partial charge in [-0.1, -0.05) is 30.3 Å². The Hall–Kier alpha value is -2.89. The molecular formula is C17H19NO5. The summed E-state index contributed by atoms with van der Waals surface area (Å²) in [5, 5.41) is 12.5. The minimum atomic E-state index is -0.982. The quantitative estimate of drug-likeness (QED) is 0.817. The molecule has 2 rings (SSSR count). The molecule has 6 nitrogen and oxygen atoms in total. The number of hydrogen-bond acceptors (Lipinski definition) is 5. The third-order valence-electron chi connectivity index (χ3n) is 3.36. The Balaban J connectivity index is 2.39. The van der Waals surface area contributed by atoms with E-state index in [4.69, 9.17) is 14.2 Å². The van der Waals surface area contributed by atoms with Crippen LogP contribution in [0, 0.1) is 0 Å². The summed E-state index contributed by atoms with van der Waals surface area (Å²) in [5.74, 6) is 0.371. The van der Waals surface area contributed by atoms with Crippen LogP contribution in [0.2, 0.25) is 0 Å². The highest BCUT2D eigenvalue weighted by atomic mass is 16.5. The van der Waals surface area contributed by atoms with E-state index in [2.05, 4.69) is 5.32 Å². The molecule has 0 aliphatic carbocycles. The summed E-state index contributed by atoms with van der Waals surface area (Å²) < 4.78 is 15.8. The zero-order valence-corrected chi connectivity index (χ0v) is 13.2. The van der Waals surface area contributed by atoms with Crippen molar-refractivity contribution < 1.29 is 24.1 Å². The molecule has 23 heavy (non-hydrogen) atoms. The molecule has 0 spiro atoms. The zero-order chi connectivity index (χ0) is 16.8. The van der Waals surface area contributed by atoms with Crippen LogP contribution in [0.4, 0.5) is 5.69 Å². The first-order valence-corrected chi connectivity index (χ1v) is 6.95. The Bertz CT molecular complexity index is 647. The Morgan fingerprint density at radius 3 is 2.00 bits per heavy atom. The van der Waals surface area contributed by atoms with Gasteiger partial charge >= 0.3 is 5.97 Å². The van der Waals surface area contributed by atoms with Gasteiger partial charge in [0.05, 0.1) is 21.3 Å². The number of carboxylic acid groups (broad SMARTS) is 1. The van der Waals surface area contributed by atoms with Gasteiger partial charge in [-0.3, -0.25) is 0 Å². The molecule has 0 aliphatic heterocycles. The smallest absolute Gasteiger partial charge is 0.330 e. The van der Waals surface area contributed by atoms with Crippen molar-refractivity contribution in [3.8, 4) is 17.2 Å². The SMILES string of the molecule is COc1cc(NC(C(=O)O)c2ccccc2)cc(OC)c1OC. The van der Waals surface area contributed by atoms with Gasteiger partial charge < -0.3 is 24.6 Å². The van der Waals surface area contributed by atoms with Crippen molar-refractivity contribution in [2.45, 2.75) is 6.04 Å². The van der Waals surface area contributed by atoms with E-state index in [9.17, 15) is 9.90 Å². The van der Waals surface area contributed by atoms with Crippen LogP contribution in [-0.2, 0) is 4.79 Å². The molecule has 1 unspecified atom stereocenters. The number of carboxylic acids is 1. The molecule has 0 saturated carbocycles. The van der Waals surface area contributed by atoms with Crippen LogP contribution >= 0.6 is 0 Å². The Morgan fingerprint density at radius 2 is 1.57 bits per heavy atom. The zero-order valence-electron chi connectivity index (χ0n) is 13.2. The van der Waals surface area contributed by atoms with Crippen molar-refractivity contribution in [2.75, 3.05) is 26.6 Å². The molecule has 2 N–H and O–H groups in total. The second-order valence-corrected chi connectivity index (χ2v) is 4.74. The molecule has 0 aliphatic rings. The normalized spacial score (nSPS) is 11.4. The Labute approximate surface area is 134 Å². The predicted molar refractivity (Wildman–Crippen MR) is 86.5 cm³/mol. The van der Waals surface area contributed by atoms with Crippen molar-refractivity contribution in [3.05, 3.63) is 48.0 Å². The molecule has 0 saturated heterocycles. The number of rotatable bonds is 7.